The van der Waals surface area contributed by atoms with E-state index in [2.05, 4.69) is 306 Å². The van der Waals surface area contributed by atoms with Crippen LogP contribution in [-0.2, 0) is 0 Å². The lowest BCUT2D eigenvalue weighted by atomic mass is 10.1. The van der Waals surface area contributed by atoms with Crippen molar-refractivity contribution in [3.05, 3.63) is 297 Å². The zero-order valence-corrected chi connectivity index (χ0v) is 43.5. The molecule has 5 nitrogen and oxygen atoms in total. The Morgan fingerprint density at radius 1 is 0.224 bits per heavy atom. The first kappa shape index (κ1) is 45.1. The lowest BCUT2D eigenvalue weighted by molar-refractivity contribution is 0.893. The summed E-state index contributed by atoms with van der Waals surface area (Å²) in [5.74, 6) is 1.67. The number of fused-ring (bicyclic) bond motifs is 6. The van der Waals surface area contributed by atoms with Crippen LogP contribution in [0.3, 0.4) is 0 Å². The maximum Gasteiger partial charge on any atom is 0.240 e. The zero-order chi connectivity index (χ0) is 50.5. The second kappa shape index (κ2) is 18.7. The maximum atomic E-state index is 5.68. The van der Waals surface area contributed by atoms with E-state index in [4.69, 9.17) is 15.0 Å². The third-order valence-corrected chi connectivity index (χ3v) is 25.0. The molecule has 3 heterocycles. The van der Waals surface area contributed by atoms with Gasteiger partial charge in [0.2, 0.25) is 11.9 Å². The second-order valence-corrected chi connectivity index (χ2v) is 27.1. The van der Waals surface area contributed by atoms with E-state index >= 15 is 0 Å². The van der Waals surface area contributed by atoms with E-state index < -0.39 is 16.1 Å². The molecule has 0 aliphatic carbocycles. The van der Waals surface area contributed by atoms with Crippen molar-refractivity contribution in [2.45, 2.75) is 0 Å². The summed E-state index contributed by atoms with van der Waals surface area (Å²) >= 11 is 0. The van der Waals surface area contributed by atoms with Crippen molar-refractivity contribution >= 4 is 101 Å². The molecule has 0 saturated carbocycles. The van der Waals surface area contributed by atoms with Crippen LogP contribution in [0.5, 0.6) is 0 Å². The van der Waals surface area contributed by atoms with Gasteiger partial charge in [-0.25, -0.2) is 0 Å². The van der Waals surface area contributed by atoms with Gasteiger partial charge in [0, 0.05) is 27.1 Å². The highest BCUT2D eigenvalue weighted by Gasteiger charge is 2.43. The van der Waals surface area contributed by atoms with Crippen LogP contribution in [0.15, 0.2) is 297 Å². The zero-order valence-electron chi connectivity index (χ0n) is 41.5. The Balaban J connectivity index is 1.08. The van der Waals surface area contributed by atoms with Crippen molar-refractivity contribution in [1.82, 2.24) is 24.1 Å². The van der Waals surface area contributed by atoms with Crippen LogP contribution < -0.4 is 41.5 Å². The molecule has 0 radical (unpaired) electrons. The van der Waals surface area contributed by atoms with Gasteiger partial charge in [0.05, 0.1) is 22.1 Å². The molecule has 0 unspecified atom stereocenters. The third-order valence-electron chi connectivity index (χ3n) is 15.5. The summed E-state index contributed by atoms with van der Waals surface area (Å²) in [6, 6.07) is 109. The molecule has 0 atom stereocenters. The van der Waals surface area contributed by atoms with Crippen molar-refractivity contribution in [1.29, 1.82) is 0 Å². The standard InChI is InChI=1S/C69H49N5Si2/c1-7-27-51(28-8-1)75(52-29-9-2-10-30-52,53-31-11-3-12-32-53)57-39-25-26-50(48-57)67-70-68(73-63-43-22-19-40-59(63)60-41-20-23-44-64(60)73)72-69(71-67)74-65-45-24-21-42-61(65)62-47-46-58(49-66(62)74)76(54-33-13-4-14-34-54,55-35-15-5-16-36-55)56-37-17-6-18-38-56/h1-49H. The monoisotopic (exact) mass is 1000 g/mol. The average Bonchev–Trinajstić information content (AvgIpc) is 4.11. The Kier molecular flexibility index (Phi) is 11.1. The van der Waals surface area contributed by atoms with E-state index in [0.29, 0.717) is 17.7 Å². The molecular weight excluding hydrogens is 955 g/mol. The highest BCUT2D eigenvalue weighted by atomic mass is 28.3. The fourth-order valence-electron chi connectivity index (χ4n) is 12.3. The minimum absolute atomic E-state index is 0.541. The molecule has 11 aromatic carbocycles. The van der Waals surface area contributed by atoms with Gasteiger partial charge in [-0.05, 0) is 65.8 Å². The lowest BCUT2D eigenvalue weighted by Gasteiger charge is -2.34. The van der Waals surface area contributed by atoms with Crippen LogP contribution in [0.2, 0.25) is 0 Å². The summed E-state index contributed by atoms with van der Waals surface area (Å²) in [7, 11) is -5.87. The molecular formula is C69H49N5Si2. The van der Waals surface area contributed by atoms with Crippen LogP contribution in [-0.4, -0.2) is 40.2 Å². The molecule has 0 aliphatic rings. The Morgan fingerprint density at radius 2 is 0.526 bits per heavy atom. The first-order chi connectivity index (χ1) is 37.7. The molecule has 76 heavy (non-hydrogen) atoms. The minimum atomic E-state index is -2.94. The predicted octanol–water partition coefficient (Wildman–Crippen LogP) is 10.5. The van der Waals surface area contributed by atoms with Gasteiger partial charge < -0.3 is 0 Å². The fourth-order valence-corrected chi connectivity index (χ4v) is 21.8. The predicted molar refractivity (Wildman–Crippen MR) is 321 cm³/mol. The van der Waals surface area contributed by atoms with Gasteiger partial charge in [-0.3, -0.25) is 9.13 Å². The molecule has 14 aromatic rings. The fraction of sp³-hybridized carbons (Fsp3) is 0. The van der Waals surface area contributed by atoms with Gasteiger partial charge in [-0.15, -0.1) is 0 Å². The largest absolute Gasteiger partial charge is 0.278 e. The highest BCUT2D eigenvalue weighted by molar-refractivity contribution is 7.20. The summed E-state index contributed by atoms with van der Waals surface area (Å²) in [6.07, 6.45) is 0. The number of hydrogen-bond acceptors (Lipinski definition) is 3. The molecule has 3 aromatic heterocycles. The summed E-state index contributed by atoms with van der Waals surface area (Å²) in [5.41, 5.74) is 5.01. The molecule has 7 heteroatoms. The molecule has 0 fully saturated rings. The normalized spacial score (nSPS) is 11.9. The Morgan fingerprint density at radius 3 is 0.908 bits per heavy atom. The van der Waals surface area contributed by atoms with Crippen molar-refractivity contribution in [2.24, 2.45) is 0 Å². The van der Waals surface area contributed by atoms with Gasteiger partial charge in [-0.1, -0.05) is 273 Å². The van der Waals surface area contributed by atoms with E-state index in [1.165, 1.54) is 41.5 Å². The van der Waals surface area contributed by atoms with Crippen LogP contribution in [0.1, 0.15) is 0 Å². The van der Waals surface area contributed by atoms with Crippen molar-refractivity contribution in [2.75, 3.05) is 0 Å². The number of hydrogen-bond donors (Lipinski definition) is 0. The maximum absolute atomic E-state index is 5.68. The average molecular weight is 1000 g/mol. The van der Waals surface area contributed by atoms with Crippen molar-refractivity contribution in [3.8, 4) is 23.3 Å². The van der Waals surface area contributed by atoms with Gasteiger partial charge in [0.15, 0.2) is 22.0 Å². The first-order valence-corrected chi connectivity index (χ1v) is 29.9. The minimum Gasteiger partial charge on any atom is -0.278 e. The molecule has 0 amide bonds. The SMILES string of the molecule is c1ccc([Si](c2ccccc2)(c2ccccc2)c2cccc(-c3nc(-n4c5ccccc5c5ccccc54)nc(-n4c5ccccc5c5ccc([Si](c6ccccc6)(c6ccccc6)c6ccccc6)cc54)n3)c2)cc1. The van der Waals surface area contributed by atoms with Crippen LogP contribution in [0.25, 0.3) is 66.9 Å². The van der Waals surface area contributed by atoms with E-state index in [9.17, 15) is 0 Å². The number of aromatic nitrogens is 5. The summed E-state index contributed by atoms with van der Waals surface area (Å²) in [6.45, 7) is 0. The number of rotatable bonds is 11. The van der Waals surface area contributed by atoms with Crippen LogP contribution >= 0.6 is 0 Å². The molecule has 0 aliphatic heterocycles. The molecule has 0 saturated heterocycles. The third kappa shape index (κ3) is 7.16. The van der Waals surface area contributed by atoms with Gasteiger partial charge in [0.25, 0.3) is 0 Å². The molecule has 14 rings (SSSR count). The Hall–Kier alpha value is -9.54. The van der Waals surface area contributed by atoms with E-state index in [1.54, 1.807) is 0 Å². The Bertz CT molecular complexity index is 4150. The smallest absolute Gasteiger partial charge is 0.240 e. The summed E-state index contributed by atoms with van der Waals surface area (Å²) < 4.78 is 4.51. The molecule has 0 N–H and O–H groups in total. The first-order valence-electron chi connectivity index (χ1n) is 25.9. The van der Waals surface area contributed by atoms with Gasteiger partial charge in [0.1, 0.15) is 0 Å². The summed E-state index contributed by atoms with van der Waals surface area (Å²) in [5, 5.41) is 14.9. The quantitative estimate of drug-likeness (QED) is 0.0958. The van der Waals surface area contributed by atoms with Crippen LogP contribution in [0, 0.1) is 0 Å². The van der Waals surface area contributed by atoms with E-state index in [1.807, 2.05) is 0 Å². The van der Waals surface area contributed by atoms with E-state index in [-0.39, 0.29) is 0 Å². The topological polar surface area (TPSA) is 48.5 Å². The Labute approximate surface area is 443 Å². The number of benzene rings is 11. The lowest BCUT2D eigenvalue weighted by Crippen LogP contribution is -2.74. The highest BCUT2D eigenvalue weighted by Crippen LogP contribution is 2.35. The van der Waals surface area contributed by atoms with Crippen LogP contribution in [0.4, 0.5) is 0 Å². The van der Waals surface area contributed by atoms with E-state index in [0.717, 1.165) is 49.2 Å². The molecule has 358 valence electrons. The van der Waals surface area contributed by atoms with Gasteiger partial charge >= 0.3 is 0 Å². The van der Waals surface area contributed by atoms with Crippen molar-refractivity contribution in [3.63, 3.8) is 0 Å². The van der Waals surface area contributed by atoms with Crippen molar-refractivity contribution < 1.29 is 0 Å². The summed E-state index contributed by atoms with van der Waals surface area (Å²) in [4.78, 5) is 16.9. The second-order valence-electron chi connectivity index (χ2n) is 19.5. The van der Waals surface area contributed by atoms with Gasteiger partial charge in [-0.2, -0.15) is 15.0 Å². The number of nitrogens with zero attached hydrogens (tertiary/aromatic N) is 5. The molecule has 0 spiro atoms. The molecule has 0 bridgehead atoms. The number of para-hydroxylation sites is 3.